The van der Waals surface area contributed by atoms with Crippen LogP contribution in [0.2, 0.25) is 0 Å². The Labute approximate surface area is 156 Å². The van der Waals surface area contributed by atoms with Gasteiger partial charge in [0.15, 0.2) is 0 Å². The van der Waals surface area contributed by atoms with Crippen LogP contribution in [0.1, 0.15) is 15.9 Å². The maximum atomic E-state index is 12.3. The molecule has 3 rings (SSSR count). The monoisotopic (exact) mass is 365 g/mol. The maximum Gasteiger partial charge on any atom is 0.293 e. The van der Waals surface area contributed by atoms with Crippen LogP contribution in [0.5, 0.6) is 0 Å². The largest absolute Gasteiger partial charge is 0.383 e. The quantitative estimate of drug-likeness (QED) is 0.495. The van der Waals surface area contributed by atoms with E-state index in [1.165, 1.54) is 12.1 Å². The fourth-order valence-electron chi connectivity index (χ4n) is 2.69. The van der Waals surface area contributed by atoms with Gasteiger partial charge in [-0.2, -0.15) is 5.10 Å². The lowest BCUT2D eigenvalue weighted by atomic mass is 10.1. The minimum Gasteiger partial charge on any atom is -0.383 e. The van der Waals surface area contributed by atoms with Gasteiger partial charge in [0.2, 0.25) is 0 Å². The second-order valence-corrected chi connectivity index (χ2v) is 5.86. The summed E-state index contributed by atoms with van der Waals surface area (Å²) in [6, 6.07) is 14.1. The van der Waals surface area contributed by atoms with Crippen molar-refractivity contribution in [1.29, 1.82) is 0 Å². The van der Waals surface area contributed by atoms with Crippen LogP contribution in [0.25, 0.3) is 5.69 Å². The third-order valence-electron chi connectivity index (χ3n) is 4.13. The smallest absolute Gasteiger partial charge is 0.293 e. The average Bonchev–Trinajstić information content (AvgIpc) is 3.22. The first-order valence-electron chi connectivity index (χ1n) is 8.42. The van der Waals surface area contributed by atoms with Crippen LogP contribution in [-0.2, 0) is 6.42 Å². The summed E-state index contributed by atoms with van der Waals surface area (Å²) in [7, 11) is 1.60. The van der Waals surface area contributed by atoms with Crippen molar-refractivity contribution in [3.63, 3.8) is 0 Å². The number of carbonyl (C=O) groups is 1. The van der Waals surface area contributed by atoms with Gasteiger partial charge in [0.1, 0.15) is 5.69 Å². The molecule has 0 unspecified atom stereocenters. The van der Waals surface area contributed by atoms with Gasteiger partial charge in [0.25, 0.3) is 11.6 Å². The first-order valence-corrected chi connectivity index (χ1v) is 8.42. The van der Waals surface area contributed by atoms with E-state index in [-0.39, 0.29) is 17.2 Å². The highest BCUT2D eigenvalue weighted by atomic mass is 16.6. The number of aromatic nitrogens is 2. The van der Waals surface area contributed by atoms with E-state index in [9.17, 15) is 14.9 Å². The topological polar surface area (TPSA) is 102 Å². The number of nitro benzene ring substituents is 1. The van der Waals surface area contributed by atoms with Crippen LogP contribution in [0.3, 0.4) is 0 Å². The number of benzene rings is 2. The average molecular weight is 365 g/mol. The molecule has 3 aromatic rings. The van der Waals surface area contributed by atoms with E-state index >= 15 is 0 Å². The third kappa shape index (κ3) is 4.30. The van der Waals surface area contributed by atoms with Gasteiger partial charge >= 0.3 is 0 Å². The van der Waals surface area contributed by atoms with Crippen molar-refractivity contribution in [2.75, 3.05) is 18.9 Å². The summed E-state index contributed by atoms with van der Waals surface area (Å²) < 4.78 is 1.77. The van der Waals surface area contributed by atoms with Gasteiger partial charge in [-0.3, -0.25) is 14.9 Å². The third-order valence-corrected chi connectivity index (χ3v) is 4.13. The number of hydrogen-bond acceptors (Lipinski definition) is 5. The van der Waals surface area contributed by atoms with Crippen LogP contribution in [0, 0.1) is 10.1 Å². The van der Waals surface area contributed by atoms with Crippen LogP contribution in [0.15, 0.2) is 60.9 Å². The van der Waals surface area contributed by atoms with E-state index in [4.69, 9.17) is 0 Å². The van der Waals surface area contributed by atoms with Gasteiger partial charge in [-0.25, -0.2) is 4.68 Å². The summed E-state index contributed by atoms with van der Waals surface area (Å²) in [4.78, 5) is 22.8. The summed E-state index contributed by atoms with van der Waals surface area (Å²) in [5.74, 6) is -0.339. The first kappa shape index (κ1) is 18.1. The minimum atomic E-state index is -0.510. The number of nitro groups is 1. The fraction of sp³-hybridized carbons (Fsp3) is 0.158. The molecule has 0 fully saturated rings. The van der Waals surface area contributed by atoms with Crippen molar-refractivity contribution < 1.29 is 9.72 Å². The van der Waals surface area contributed by atoms with Crippen LogP contribution >= 0.6 is 0 Å². The molecule has 0 bridgehead atoms. The summed E-state index contributed by atoms with van der Waals surface area (Å²) in [5, 5.41) is 20.8. The SMILES string of the molecule is CNc1ccc(C(=O)NCCc2ccc(-n3cccn3)cc2)cc1[N+](=O)[O-]. The molecule has 0 saturated heterocycles. The lowest BCUT2D eigenvalue weighted by molar-refractivity contribution is -0.384. The van der Waals surface area contributed by atoms with E-state index in [0.717, 1.165) is 11.3 Å². The zero-order chi connectivity index (χ0) is 19.2. The Morgan fingerprint density at radius 2 is 2.00 bits per heavy atom. The fourth-order valence-corrected chi connectivity index (χ4v) is 2.69. The standard InChI is InChI=1S/C19H19N5O3/c1-20-17-8-5-15(13-18(17)24(26)27)19(25)21-11-9-14-3-6-16(7-4-14)23-12-2-10-22-23/h2-8,10,12-13,20H,9,11H2,1H3,(H,21,25). The van der Waals surface area contributed by atoms with Crippen molar-refractivity contribution in [2.45, 2.75) is 6.42 Å². The summed E-state index contributed by atoms with van der Waals surface area (Å²) in [6.07, 6.45) is 4.24. The van der Waals surface area contributed by atoms with Gasteiger partial charge in [0, 0.05) is 37.6 Å². The normalized spacial score (nSPS) is 10.4. The number of nitrogens with zero attached hydrogens (tertiary/aromatic N) is 3. The molecule has 0 radical (unpaired) electrons. The lowest BCUT2D eigenvalue weighted by Crippen LogP contribution is -2.25. The molecule has 1 aromatic heterocycles. The Morgan fingerprint density at radius 1 is 1.22 bits per heavy atom. The number of hydrogen-bond donors (Lipinski definition) is 2. The minimum absolute atomic E-state index is 0.126. The number of carbonyl (C=O) groups excluding carboxylic acids is 1. The summed E-state index contributed by atoms with van der Waals surface area (Å²) >= 11 is 0. The Balaban J connectivity index is 1.58. The Kier molecular flexibility index (Phi) is 5.46. The molecule has 8 nitrogen and oxygen atoms in total. The Hall–Kier alpha value is -3.68. The molecule has 0 saturated carbocycles. The molecular weight excluding hydrogens is 346 g/mol. The van der Waals surface area contributed by atoms with Gasteiger partial charge in [-0.05, 0) is 42.3 Å². The number of rotatable bonds is 7. The summed E-state index contributed by atoms with van der Waals surface area (Å²) in [5.41, 5.74) is 2.54. The molecular formula is C19H19N5O3. The number of nitrogens with one attached hydrogen (secondary N) is 2. The molecule has 1 amide bonds. The number of anilines is 1. The van der Waals surface area contributed by atoms with Crippen molar-refractivity contribution in [2.24, 2.45) is 0 Å². The number of amides is 1. The molecule has 0 atom stereocenters. The van der Waals surface area contributed by atoms with E-state index in [2.05, 4.69) is 15.7 Å². The van der Waals surface area contributed by atoms with Crippen molar-refractivity contribution in [3.8, 4) is 5.69 Å². The van der Waals surface area contributed by atoms with Crippen LogP contribution < -0.4 is 10.6 Å². The zero-order valence-electron chi connectivity index (χ0n) is 14.8. The second-order valence-electron chi connectivity index (χ2n) is 5.86. The molecule has 27 heavy (non-hydrogen) atoms. The highest BCUT2D eigenvalue weighted by Gasteiger charge is 2.16. The molecule has 0 aliphatic carbocycles. The second kappa shape index (κ2) is 8.13. The van der Waals surface area contributed by atoms with Gasteiger partial charge in [-0.15, -0.1) is 0 Å². The molecule has 1 heterocycles. The zero-order valence-corrected chi connectivity index (χ0v) is 14.8. The highest BCUT2D eigenvalue weighted by Crippen LogP contribution is 2.24. The predicted molar refractivity (Wildman–Crippen MR) is 102 cm³/mol. The van der Waals surface area contributed by atoms with E-state index in [0.29, 0.717) is 18.7 Å². The predicted octanol–water partition coefficient (Wildman–Crippen LogP) is 2.79. The van der Waals surface area contributed by atoms with Gasteiger partial charge in [0.05, 0.1) is 10.6 Å². The van der Waals surface area contributed by atoms with Crippen LogP contribution in [-0.4, -0.2) is 34.2 Å². The molecule has 8 heteroatoms. The van der Waals surface area contributed by atoms with Crippen molar-refractivity contribution >= 4 is 17.3 Å². The molecule has 0 spiro atoms. The van der Waals surface area contributed by atoms with Gasteiger partial charge in [-0.1, -0.05) is 12.1 Å². The molecule has 0 aliphatic heterocycles. The Bertz CT molecular complexity index is 936. The van der Waals surface area contributed by atoms with Gasteiger partial charge < -0.3 is 10.6 Å². The molecule has 138 valence electrons. The molecule has 2 aromatic carbocycles. The van der Waals surface area contributed by atoms with Crippen molar-refractivity contribution in [1.82, 2.24) is 15.1 Å². The highest BCUT2D eigenvalue weighted by molar-refractivity contribution is 5.95. The first-order chi connectivity index (χ1) is 13.1. The Morgan fingerprint density at radius 3 is 2.63 bits per heavy atom. The summed E-state index contributed by atoms with van der Waals surface area (Å²) in [6.45, 7) is 0.432. The van der Waals surface area contributed by atoms with Crippen LogP contribution in [0.4, 0.5) is 11.4 Å². The van der Waals surface area contributed by atoms with E-state index in [1.807, 2.05) is 36.5 Å². The lowest BCUT2D eigenvalue weighted by Gasteiger charge is -2.08. The van der Waals surface area contributed by atoms with E-state index < -0.39 is 4.92 Å². The molecule has 0 aliphatic rings. The van der Waals surface area contributed by atoms with Crippen molar-refractivity contribution in [3.05, 3.63) is 82.2 Å². The maximum absolute atomic E-state index is 12.3. The molecule has 2 N–H and O–H groups in total. The van der Waals surface area contributed by atoms with E-state index in [1.54, 1.807) is 24.0 Å².